The summed E-state index contributed by atoms with van der Waals surface area (Å²) in [5, 5.41) is 12.8. The molecular formula is C15H10ClF3N6O2. The number of hydrogen-bond donors (Lipinski definition) is 0. The molecule has 1 aliphatic heterocycles. The molecule has 0 radical (unpaired) electrons. The highest BCUT2D eigenvalue weighted by atomic mass is 35.5. The van der Waals surface area contributed by atoms with E-state index in [1.807, 2.05) is 0 Å². The standard InChI is InChI=1S/C15H10ClF3N6O2/c1-22-13-10(6-8(7-20-13)15(17,18)19)21-14(22)23-12(16)9-4-2-3-5-11(9)24(23)25(26)27/h2-7,12H,1H3. The summed E-state index contributed by atoms with van der Waals surface area (Å²) >= 11 is 6.41. The molecule has 27 heavy (non-hydrogen) atoms. The average molecular weight is 399 g/mol. The molecule has 8 nitrogen and oxygen atoms in total. The van der Waals surface area contributed by atoms with Gasteiger partial charge in [0.2, 0.25) is 5.95 Å². The number of halogens is 4. The second-order valence-corrected chi connectivity index (χ2v) is 6.22. The number of anilines is 2. The van der Waals surface area contributed by atoms with Crippen LogP contribution in [0.2, 0.25) is 0 Å². The number of fused-ring (bicyclic) bond motifs is 2. The third-order valence-corrected chi connectivity index (χ3v) is 4.62. The van der Waals surface area contributed by atoms with Crippen LogP contribution in [0.25, 0.3) is 11.2 Å². The minimum absolute atomic E-state index is 0.00951. The Morgan fingerprint density at radius 3 is 2.67 bits per heavy atom. The van der Waals surface area contributed by atoms with Crippen molar-refractivity contribution in [3.05, 3.63) is 57.8 Å². The normalized spacial score (nSPS) is 16.9. The molecule has 3 aromatic rings. The zero-order valence-electron chi connectivity index (χ0n) is 13.6. The van der Waals surface area contributed by atoms with Crippen LogP contribution in [0.15, 0.2) is 36.5 Å². The number of para-hydroxylation sites is 1. The SMILES string of the molecule is Cn1c(N2C(Cl)c3ccccc3N2[N+](=O)[O-])nc2cc(C(F)(F)F)cnc21. The van der Waals surface area contributed by atoms with Crippen molar-refractivity contribution < 1.29 is 18.2 Å². The van der Waals surface area contributed by atoms with Crippen LogP contribution < -0.4 is 10.1 Å². The van der Waals surface area contributed by atoms with Crippen LogP contribution in [0.5, 0.6) is 0 Å². The molecule has 0 saturated carbocycles. The lowest BCUT2D eigenvalue weighted by atomic mass is 10.2. The number of nitrogens with zero attached hydrogens (tertiary/aromatic N) is 6. The summed E-state index contributed by atoms with van der Waals surface area (Å²) in [6.45, 7) is 0. The number of hydrogen-bond acceptors (Lipinski definition) is 5. The van der Waals surface area contributed by atoms with Gasteiger partial charge in [-0.15, -0.1) is 0 Å². The molecule has 0 amide bonds. The highest BCUT2D eigenvalue weighted by molar-refractivity contribution is 6.23. The Morgan fingerprint density at radius 2 is 2.00 bits per heavy atom. The van der Waals surface area contributed by atoms with Crippen LogP contribution in [0, 0.1) is 10.1 Å². The average Bonchev–Trinajstić information content (AvgIpc) is 3.09. The number of pyridine rings is 1. The van der Waals surface area contributed by atoms with Gasteiger partial charge in [-0.05, 0) is 12.1 Å². The molecule has 1 atom stereocenters. The lowest BCUT2D eigenvalue weighted by molar-refractivity contribution is -0.495. The predicted octanol–water partition coefficient (Wildman–Crippen LogP) is 3.66. The molecule has 0 spiro atoms. The van der Waals surface area contributed by atoms with Gasteiger partial charge in [-0.1, -0.05) is 29.8 Å². The molecule has 0 N–H and O–H groups in total. The molecule has 12 heteroatoms. The second-order valence-electron chi connectivity index (χ2n) is 5.80. The maximum Gasteiger partial charge on any atom is 0.417 e. The zero-order valence-corrected chi connectivity index (χ0v) is 14.3. The van der Waals surface area contributed by atoms with Gasteiger partial charge in [0.15, 0.2) is 16.2 Å². The van der Waals surface area contributed by atoms with E-state index in [1.54, 1.807) is 18.2 Å². The monoisotopic (exact) mass is 398 g/mol. The highest BCUT2D eigenvalue weighted by Gasteiger charge is 2.45. The smallest absolute Gasteiger partial charge is 0.296 e. The summed E-state index contributed by atoms with van der Waals surface area (Å²) in [6.07, 6.45) is -3.89. The van der Waals surface area contributed by atoms with E-state index in [-0.39, 0.29) is 22.8 Å². The fourth-order valence-corrected chi connectivity index (χ4v) is 3.35. The Balaban J connectivity index is 1.89. The first-order valence-corrected chi connectivity index (χ1v) is 8.00. The minimum atomic E-state index is -4.58. The van der Waals surface area contributed by atoms with Crippen LogP contribution in [0.4, 0.5) is 24.8 Å². The predicted molar refractivity (Wildman–Crippen MR) is 90.5 cm³/mol. The molecule has 1 unspecified atom stereocenters. The maximum absolute atomic E-state index is 12.9. The topological polar surface area (TPSA) is 80.3 Å². The quantitative estimate of drug-likeness (QED) is 0.284. The van der Waals surface area contributed by atoms with Gasteiger partial charge < -0.3 is 0 Å². The summed E-state index contributed by atoms with van der Waals surface area (Å²) in [6, 6.07) is 7.30. The summed E-state index contributed by atoms with van der Waals surface area (Å²) in [5.74, 6) is -0.00951. The van der Waals surface area contributed by atoms with E-state index in [2.05, 4.69) is 9.97 Å². The van der Waals surface area contributed by atoms with Crippen molar-refractivity contribution in [1.29, 1.82) is 0 Å². The van der Waals surface area contributed by atoms with Crippen LogP contribution >= 0.6 is 11.6 Å². The van der Waals surface area contributed by atoms with Crippen molar-refractivity contribution in [2.75, 3.05) is 10.1 Å². The molecule has 140 valence electrons. The van der Waals surface area contributed by atoms with Crippen molar-refractivity contribution in [2.45, 2.75) is 11.7 Å². The largest absolute Gasteiger partial charge is 0.417 e. The number of aryl methyl sites for hydroxylation is 1. The molecule has 0 saturated heterocycles. The summed E-state index contributed by atoms with van der Waals surface area (Å²) < 4.78 is 40.1. The molecule has 1 aliphatic rings. The van der Waals surface area contributed by atoms with E-state index < -0.39 is 22.3 Å². The third-order valence-electron chi connectivity index (χ3n) is 4.20. The molecule has 1 aromatic carbocycles. The Kier molecular flexibility index (Phi) is 3.67. The van der Waals surface area contributed by atoms with Gasteiger partial charge in [0, 0.05) is 23.9 Å². The number of aromatic nitrogens is 3. The van der Waals surface area contributed by atoms with Gasteiger partial charge in [-0.2, -0.15) is 18.2 Å². The van der Waals surface area contributed by atoms with Gasteiger partial charge in [0.05, 0.1) is 5.56 Å². The minimum Gasteiger partial charge on any atom is -0.296 e. The van der Waals surface area contributed by atoms with E-state index in [1.165, 1.54) is 17.7 Å². The Labute approximate surface area is 154 Å². The van der Waals surface area contributed by atoms with Crippen molar-refractivity contribution in [1.82, 2.24) is 14.5 Å². The number of rotatable bonds is 2. The van der Waals surface area contributed by atoms with Crippen LogP contribution in [0.3, 0.4) is 0 Å². The zero-order chi connectivity index (χ0) is 19.5. The summed E-state index contributed by atoms with van der Waals surface area (Å²) in [4.78, 5) is 19.6. The fraction of sp³-hybridized carbons (Fsp3) is 0.200. The summed E-state index contributed by atoms with van der Waals surface area (Å²) in [5.41, 5.74) is -1.11. The molecular weight excluding hydrogens is 389 g/mol. The van der Waals surface area contributed by atoms with Gasteiger partial charge >= 0.3 is 6.18 Å². The number of benzene rings is 1. The van der Waals surface area contributed by atoms with Crippen molar-refractivity contribution in [3.63, 3.8) is 0 Å². The number of nitro groups is 1. The van der Waals surface area contributed by atoms with Crippen molar-refractivity contribution >= 4 is 34.4 Å². The highest BCUT2D eigenvalue weighted by Crippen LogP contribution is 2.44. The van der Waals surface area contributed by atoms with E-state index in [9.17, 15) is 23.3 Å². The number of hydrazine groups is 2. The first-order chi connectivity index (χ1) is 12.7. The van der Waals surface area contributed by atoms with Crippen molar-refractivity contribution in [2.24, 2.45) is 7.05 Å². The molecule has 2 aromatic heterocycles. The number of alkyl halides is 4. The lowest BCUT2D eigenvalue weighted by Crippen LogP contribution is -2.44. The molecule has 3 heterocycles. The first-order valence-electron chi connectivity index (χ1n) is 7.56. The first kappa shape index (κ1) is 17.3. The second kappa shape index (κ2) is 5.71. The Bertz CT molecular complexity index is 1070. The van der Waals surface area contributed by atoms with Gasteiger partial charge in [0.1, 0.15) is 11.2 Å². The maximum atomic E-state index is 12.9. The van der Waals surface area contributed by atoms with E-state index >= 15 is 0 Å². The third kappa shape index (κ3) is 2.53. The Morgan fingerprint density at radius 1 is 1.30 bits per heavy atom. The van der Waals surface area contributed by atoms with Crippen LogP contribution in [0.1, 0.15) is 16.6 Å². The van der Waals surface area contributed by atoms with E-state index in [0.717, 1.165) is 16.2 Å². The molecule has 4 rings (SSSR count). The van der Waals surface area contributed by atoms with E-state index in [4.69, 9.17) is 11.6 Å². The van der Waals surface area contributed by atoms with Gasteiger partial charge in [-0.3, -0.25) is 4.57 Å². The summed E-state index contributed by atoms with van der Waals surface area (Å²) in [7, 11) is 1.50. The van der Waals surface area contributed by atoms with Crippen molar-refractivity contribution in [3.8, 4) is 0 Å². The molecule has 0 fully saturated rings. The molecule has 0 aliphatic carbocycles. The van der Waals surface area contributed by atoms with Gasteiger partial charge in [0.25, 0.3) is 0 Å². The van der Waals surface area contributed by atoms with Crippen LogP contribution in [-0.2, 0) is 13.2 Å². The fourth-order valence-electron chi connectivity index (χ4n) is 2.99. The Hall–Kier alpha value is -3.08. The van der Waals surface area contributed by atoms with Crippen LogP contribution in [-0.4, -0.2) is 19.6 Å². The molecule has 0 bridgehead atoms. The van der Waals surface area contributed by atoms with Gasteiger partial charge in [-0.25, -0.2) is 20.1 Å². The number of imidazole rings is 1. The lowest BCUT2D eigenvalue weighted by Gasteiger charge is -2.23. The van der Waals surface area contributed by atoms with E-state index in [0.29, 0.717) is 11.8 Å².